The van der Waals surface area contributed by atoms with Crippen LogP contribution in [0.15, 0.2) is 42.6 Å². The Morgan fingerprint density at radius 3 is 2.74 bits per heavy atom. The first-order valence-corrected chi connectivity index (χ1v) is 7.57. The number of fused-ring (bicyclic) bond motifs is 1. The summed E-state index contributed by atoms with van der Waals surface area (Å²) in [5, 5.41) is 7.75. The summed E-state index contributed by atoms with van der Waals surface area (Å²) in [6, 6.07) is 10.3. The number of methoxy groups -OCH3 is 1. The second-order valence-electron chi connectivity index (χ2n) is 5.34. The van der Waals surface area contributed by atoms with Crippen molar-refractivity contribution in [3.8, 4) is 11.3 Å². The third kappa shape index (κ3) is 3.32. The third-order valence-corrected chi connectivity index (χ3v) is 3.71. The average molecular weight is 314 g/mol. The molecule has 0 saturated heterocycles. The van der Waals surface area contributed by atoms with Crippen molar-refractivity contribution in [1.29, 1.82) is 0 Å². The molecule has 0 radical (unpaired) electrons. The fourth-order valence-electron chi connectivity index (χ4n) is 2.46. The summed E-state index contributed by atoms with van der Waals surface area (Å²) in [6.45, 7) is 2.70. The Morgan fingerprint density at radius 1 is 1.26 bits per heavy atom. The maximum atomic E-state index is 13.1. The van der Waals surface area contributed by atoms with Crippen LogP contribution in [0.25, 0.3) is 16.9 Å². The van der Waals surface area contributed by atoms with Crippen molar-refractivity contribution in [3.63, 3.8) is 0 Å². The molecule has 0 unspecified atom stereocenters. The van der Waals surface area contributed by atoms with Gasteiger partial charge in [0.2, 0.25) is 0 Å². The van der Waals surface area contributed by atoms with E-state index >= 15 is 0 Å². The van der Waals surface area contributed by atoms with Gasteiger partial charge < -0.3 is 10.1 Å². The second kappa shape index (κ2) is 6.75. The molecule has 0 aliphatic heterocycles. The SMILES string of the molecule is CC[C@@H](COC)Nc1cc(-c2ccc(F)cc2)nc2ccnn12. The monoisotopic (exact) mass is 314 g/mol. The van der Waals surface area contributed by atoms with Gasteiger partial charge >= 0.3 is 0 Å². The zero-order valence-electron chi connectivity index (χ0n) is 13.2. The van der Waals surface area contributed by atoms with Crippen molar-refractivity contribution in [2.45, 2.75) is 19.4 Å². The van der Waals surface area contributed by atoms with Gasteiger partial charge in [-0.15, -0.1) is 0 Å². The van der Waals surface area contributed by atoms with E-state index in [4.69, 9.17) is 4.74 Å². The van der Waals surface area contributed by atoms with Crippen LogP contribution >= 0.6 is 0 Å². The number of hydrogen-bond acceptors (Lipinski definition) is 4. The van der Waals surface area contributed by atoms with Crippen molar-refractivity contribution in [1.82, 2.24) is 14.6 Å². The Labute approximate surface area is 134 Å². The summed E-state index contributed by atoms with van der Waals surface area (Å²) in [7, 11) is 1.68. The first-order valence-electron chi connectivity index (χ1n) is 7.57. The molecule has 2 heterocycles. The van der Waals surface area contributed by atoms with Crippen LogP contribution < -0.4 is 5.32 Å². The van der Waals surface area contributed by atoms with Gasteiger partial charge in [-0.3, -0.25) is 0 Å². The minimum absolute atomic E-state index is 0.177. The molecule has 1 aromatic carbocycles. The lowest BCUT2D eigenvalue weighted by molar-refractivity contribution is 0.184. The molecule has 3 aromatic rings. The van der Waals surface area contributed by atoms with Crippen LogP contribution in [0.1, 0.15) is 13.3 Å². The van der Waals surface area contributed by atoms with E-state index in [1.807, 2.05) is 12.1 Å². The van der Waals surface area contributed by atoms with Crippen molar-refractivity contribution in [2.75, 3.05) is 19.0 Å². The summed E-state index contributed by atoms with van der Waals surface area (Å²) in [5.41, 5.74) is 2.37. The zero-order chi connectivity index (χ0) is 16.2. The molecule has 3 rings (SSSR count). The molecule has 5 nitrogen and oxygen atoms in total. The summed E-state index contributed by atoms with van der Waals surface area (Å²) < 4.78 is 20.1. The van der Waals surface area contributed by atoms with Crippen LogP contribution in [0.3, 0.4) is 0 Å². The van der Waals surface area contributed by atoms with Crippen molar-refractivity contribution < 1.29 is 9.13 Å². The van der Waals surface area contributed by atoms with Gasteiger partial charge in [0.05, 0.1) is 24.5 Å². The first-order chi connectivity index (χ1) is 11.2. The molecule has 120 valence electrons. The Bertz CT molecular complexity index is 785. The molecule has 1 atom stereocenters. The van der Waals surface area contributed by atoms with E-state index in [0.29, 0.717) is 6.61 Å². The van der Waals surface area contributed by atoms with Gasteiger partial charge in [-0.1, -0.05) is 6.92 Å². The van der Waals surface area contributed by atoms with E-state index in [-0.39, 0.29) is 11.9 Å². The molecule has 0 fully saturated rings. The first kappa shape index (κ1) is 15.4. The third-order valence-electron chi connectivity index (χ3n) is 3.71. The quantitative estimate of drug-likeness (QED) is 0.758. The van der Waals surface area contributed by atoms with E-state index in [1.54, 1.807) is 30.0 Å². The van der Waals surface area contributed by atoms with Crippen LogP contribution in [0.5, 0.6) is 0 Å². The highest BCUT2D eigenvalue weighted by Gasteiger charge is 2.12. The highest BCUT2D eigenvalue weighted by molar-refractivity contribution is 5.66. The van der Waals surface area contributed by atoms with Gasteiger partial charge in [0, 0.05) is 24.8 Å². The lowest BCUT2D eigenvalue weighted by Crippen LogP contribution is -2.25. The predicted molar refractivity (Wildman–Crippen MR) is 88.0 cm³/mol. The summed E-state index contributed by atoms with van der Waals surface area (Å²) in [4.78, 5) is 4.58. The zero-order valence-corrected chi connectivity index (χ0v) is 13.2. The number of ether oxygens (including phenoxy) is 1. The molecular weight excluding hydrogens is 295 g/mol. The molecule has 0 spiro atoms. The maximum Gasteiger partial charge on any atom is 0.157 e. The fourth-order valence-corrected chi connectivity index (χ4v) is 2.46. The van der Waals surface area contributed by atoms with Crippen LogP contribution in [0.4, 0.5) is 10.2 Å². The smallest absolute Gasteiger partial charge is 0.157 e. The maximum absolute atomic E-state index is 13.1. The number of hydrogen-bond donors (Lipinski definition) is 1. The number of halogens is 1. The van der Waals surface area contributed by atoms with Crippen LogP contribution in [-0.2, 0) is 4.74 Å². The van der Waals surface area contributed by atoms with Crippen LogP contribution in [0, 0.1) is 5.82 Å². The van der Waals surface area contributed by atoms with E-state index in [0.717, 1.165) is 29.1 Å². The fraction of sp³-hybridized carbons (Fsp3) is 0.294. The molecule has 1 N–H and O–H groups in total. The molecule has 0 aliphatic carbocycles. The molecule has 0 saturated carbocycles. The number of nitrogens with zero attached hydrogens (tertiary/aromatic N) is 3. The Balaban J connectivity index is 2.02. The number of nitrogens with one attached hydrogen (secondary N) is 1. The van der Waals surface area contributed by atoms with E-state index in [9.17, 15) is 4.39 Å². The van der Waals surface area contributed by atoms with Gasteiger partial charge in [-0.25, -0.2) is 9.37 Å². The number of rotatable bonds is 6. The minimum atomic E-state index is -0.260. The Morgan fingerprint density at radius 2 is 2.04 bits per heavy atom. The Hall–Kier alpha value is -2.47. The standard InChI is InChI=1S/C17H19FN4O/c1-3-14(11-23-2)20-17-10-15(12-4-6-13(18)7-5-12)21-16-8-9-19-22(16)17/h4-10,14,20H,3,11H2,1-2H3/t14-/m0/s1. The highest BCUT2D eigenvalue weighted by Crippen LogP contribution is 2.23. The Kier molecular flexibility index (Phi) is 4.52. The molecular formula is C17H19FN4O. The van der Waals surface area contributed by atoms with Gasteiger partial charge in [0.25, 0.3) is 0 Å². The molecule has 0 amide bonds. The van der Waals surface area contributed by atoms with E-state index < -0.39 is 0 Å². The summed E-state index contributed by atoms with van der Waals surface area (Å²) in [5.74, 6) is 0.576. The largest absolute Gasteiger partial charge is 0.383 e. The van der Waals surface area contributed by atoms with Crippen molar-refractivity contribution >= 4 is 11.5 Å². The molecule has 0 bridgehead atoms. The molecule has 6 heteroatoms. The highest BCUT2D eigenvalue weighted by atomic mass is 19.1. The van der Waals surface area contributed by atoms with Crippen molar-refractivity contribution in [3.05, 3.63) is 48.4 Å². The number of benzene rings is 1. The molecule has 23 heavy (non-hydrogen) atoms. The molecule has 0 aliphatic rings. The van der Waals surface area contributed by atoms with Crippen LogP contribution in [0.2, 0.25) is 0 Å². The van der Waals surface area contributed by atoms with Gasteiger partial charge in [0.1, 0.15) is 11.6 Å². The van der Waals surface area contributed by atoms with Gasteiger partial charge in [0.15, 0.2) is 5.65 Å². The summed E-state index contributed by atoms with van der Waals surface area (Å²) in [6.07, 6.45) is 2.63. The average Bonchev–Trinajstić information content (AvgIpc) is 3.03. The van der Waals surface area contributed by atoms with E-state index in [2.05, 4.69) is 22.3 Å². The lowest BCUT2D eigenvalue weighted by Gasteiger charge is -2.18. The van der Waals surface area contributed by atoms with Gasteiger partial charge in [-0.2, -0.15) is 9.61 Å². The van der Waals surface area contributed by atoms with Gasteiger partial charge in [-0.05, 0) is 30.7 Å². The normalized spacial score (nSPS) is 12.5. The topological polar surface area (TPSA) is 51.5 Å². The predicted octanol–water partition coefficient (Wildman–Crippen LogP) is 3.37. The number of aromatic nitrogens is 3. The second-order valence-corrected chi connectivity index (χ2v) is 5.34. The summed E-state index contributed by atoms with van der Waals surface area (Å²) >= 11 is 0. The van der Waals surface area contributed by atoms with Crippen molar-refractivity contribution in [2.24, 2.45) is 0 Å². The van der Waals surface area contributed by atoms with E-state index in [1.165, 1.54) is 12.1 Å². The molecule has 2 aromatic heterocycles. The van der Waals surface area contributed by atoms with Crippen LogP contribution in [-0.4, -0.2) is 34.4 Å². The number of anilines is 1. The lowest BCUT2D eigenvalue weighted by atomic mass is 10.1. The minimum Gasteiger partial charge on any atom is -0.383 e.